The van der Waals surface area contributed by atoms with Crippen molar-refractivity contribution in [2.45, 2.75) is 39.3 Å². The maximum absolute atomic E-state index is 9.54. The number of hydrogen-bond donors (Lipinski definition) is 2. The molecule has 0 bridgehead atoms. The zero-order valence-electron chi connectivity index (χ0n) is 14.3. The van der Waals surface area contributed by atoms with E-state index in [0.29, 0.717) is 11.8 Å². The number of phenolic OH excluding ortho intramolecular Hbond substituents is 1. The Balaban J connectivity index is 0.00000208. The van der Waals surface area contributed by atoms with Gasteiger partial charge in [0.1, 0.15) is 5.75 Å². The van der Waals surface area contributed by atoms with Crippen LogP contribution in [0.2, 0.25) is 0 Å². The molecule has 0 saturated heterocycles. The van der Waals surface area contributed by atoms with Crippen LogP contribution in [0.5, 0.6) is 5.75 Å². The van der Waals surface area contributed by atoms with Gasteiger partial charge in [-0.15, -0.1) is 24.0 Å². The van der Waals surface area contributed by atoms with Gasteiger partial charge in [0.05, 0.1) is 6.54 Å². The van der Waals surface area contributed by atoms with E-state index in [4.69, 9.17) is 0 Å². The number of phenols is 1. The number of aromatic hydroxyl groups is 1. The second-order valence-electron chi connectivity index (χ2n) is 6.09. The topological polar surface area (TPSA) is 47.9 Å². The molecule has 0 saturated carbocycles. The van der Waals surface area contributed by atoms with E-state index >= 15 is 0 Å². The number of benzene rings is 2. The molecule has 0 spiro atoms. The number of nitrogens with one attached hydrogen (secondary N) is 1. The first kappa shape index (κ1) is 18.8. The van der Waals surface area contributed by atoms with E-state index in [2.05, 4.69) is 47.3 Å². The van der Waals surface area contributed by atoms with E-state index in [9.17, 15) is 5.11 Å². The average molecular weight is 439 g/mol. The monoisotopic (exact) mass is 439 g/mol. The van der Waals surface area contributed by atoms with Crippen LogP contribution < -0.4 is 5.32 Å². The van der Waals surface area contributed by atoms with Gasteiger partial charge >= 0.3 is 0 Å². The molecule has 24 heavy (non-hydrogen) atoms. The van der Waals surface area contributed by atoms with E-state index in [1.165, 1.54) is 5.56 Å². The predicted octanol–water partition coefficient (Wildman–Crippen LogP) is 4.11. The minimum atomic E-state index is 0. The maximum Gasteiger partial charge on any atom is 0.194 e. The summed E-state index contributed by atoms with van der Waals surface area (Å²) in [6, 6.07) is 12.4. The van der Waals surface area contributed by atoms with Gasteiger partial charge in [0.15, 0.2) is 5.96 Å². The van der Waals surface area contributed by atoms with Crippen molar-refractivity contribution in [1.29, 1.82) is 0 Å². The minimum absolute atomic E-state index is 0. The summed E-state index contributed by atoms with van der Waals surface area (Å²) in [6.45, 7) is 7.15. The number of halogens is 1. The molecule has 1 aliphatic rings. The highest BCUT2D eigenvalue weighted by atomic mass is 127. The van der Waals surface area contributed by atoms with Crippen LogP contribution in [0.1, 0.15) is 32.3 Å². The third kappa shape index (κ3) is 4.12. The molecule has 0 aromatic heterocycles. The summed E-state index contributed by atoms with van der Waals surface area (Å²) in [4.78, 5) is 7.02. The van der Waals surface area contributed by atoms with Crippen molar-refractivity contribution >= 4 is 40.7 Å². The lowest BCUT2D eigenvalue weighted by Crippen LogP contribution is -2.44. The molecule has 130 valence electrons. The van der Waals surface area contributed by atoms with Gasteiger partial charge in [0.2, 0.25) is 0 Å². The molecular weight excluding hydrogens is 413 g/mol. The molecule has 4 nitrogen and oxygen atoms in total. The lowest BCUT2D eigenvalue weighted by molar-refractivity contribution is 0.309. The van der Waals surface area contributed by atoms with Crippen LogP contribution in [-0.2, 0) is 6.54 Å². The number of rotatable bonds is 5. The average Bonchev–Trinajstić information content (AvgIpc) is 3.02. The molecule has 0 amide bonds. The van der Waals surface area contributed by atoms with Gasteiger partial charge < -0.3 is 15.3 Å². The molecule has 0 unspecified atom stereocenters. The van der Waals surface area contributed by atoms with Crippen LogP contribution in [-0.4, -0.2) is 35.1 Å². The van der Waals surface area contributed by atoms with Crippen molar-refractivity contribution in [2.24, 2.45) is 4.99 Å². The smallest absolute Gasteiger partial charge is 0.194 e. The number of aliphatic imine (C=N–C) groups is 1. The molecule has 2 aromatic carbocycles. The van der Waals surface area contributed by atoms with Crippen molar-refractivity contribution in [1.82, 2.24) is 10.2 Å². The second-order valence-corrected chi connectivity index (χ2v) is 6.09. The zero-order chi connectivity index (χ0) is 16.2. The second kappa shape index (κ2) is 8.55. The quantitative estimate of drug-likeness (QED) is 0.690. The van der Waals surface area contributed by atoms with E-state index < -0.39 is 0 Å². The molecule has 1 heterocycles. The van der Waals surface area contributed by atoms with Crippen molar-refractivity contribution in [2.75, 3.05) is 13.1 Å². The van der Waals surface area contributed by atoms with Gasteiger partial charge in [-0.05, 0) is 47.4 Å². The Morgan fingerprint density at radius 2 is 1.83 bits per heavy atom. The van der Waals surface area contributed by atoms with E-state index in [1.54, 1.807) is 12.1 Å². The summed E-state index contributed by atoms with van der Waals surface area (Å²) in [5.41, 5.74) is 1.22. The standard InChI is InChI=1S/C19H25N3O.HI/c1-3-17(4-2)22-10-9-20-19(22)21-13-14-5-6-16-12-18(23)8-7-15(16)11-14;/h5-8,11-12,17,23H,3-4,9-10,13H2,1-2H3,(H,20,21);1H. The summed E-state index contributed by atoms with van der Waals surface area (Å²) < 4.78 is 0. The van der Waals surface area contributed by atoms with Gasteiger partial charge in [-0.25, -0.2) is 0 Å². The van der Waals surface area contributed by atoms with E-state index in [-0.39, 0.29) is 24.0 Å². The number of fused-ring (bicyclic) bond motifs is 1. The fourth-order valence-electron chi connectivity index (χ4n) is 3.28. The first-order valence-electron chi connectivity index (χ1n) is 8.48. The number of nitrogens with zero attached hydrogens (tertiary/aromatic N) is 2. The lowest BCUT2D eigenvalue weighted by Gasteiger charge is -2.29. The SMILES string of the molecule is CCC(CC)N1CCN=C1NCc1ccc2cc(O)ccc2c1.I. The fourth-order valence-corrected chi connectivity index (χ4v) is 3.28. The van der Waals surface area contributed by atoms with Gasteiger partial charge in [-0.2, -0.15) is 0 Å². The summed E-state index contributed by atoms with van der Waals surface area (Å²) in [6.07, 6.45) is 2.30. The third-order valence-corrected chi connectivity index (χ3v) is 4.60. The summed E-state index contributed by atoms with van der Waals surface area (Å²) in [5.74, 6) is 1.34. The molecule has 0 atom stereocenters. The van der Waals surface area contributed by atoms with Crippen LogP contribution in [0.25, 0.3) is 10.8 Å². The van der Waals surface area contributed by atoms with Crippen molar-refractivity contribution in [3.05, 3.63) is 42.0 Å². The Kier molecular flexibility index (Phi) is 6.71. The number of guanidine groups is 1. The van der Waals surface area contributed by atoms with Gasteiger partial charge in [-0.3, -0.25) is 4.99 Å². The van der Waals surface area contributed by atoms with E-state index in [0.717, 1.165) is 49.2 Å². The van der Waals surface area contributed by atoms with Crippen molar-refractivity contribution < 1.29 is 5.11 Å². The third-order valence-electron chi connectivity index (χ3n) is 4.60. The Morgan fingerprint density at radius 3 is 2.58 bits per heavy atom. The zero-order valence-corrected chi connectivity index (χ0v) is 16.7. The van der Waals surface area contributed by atoms with Gasteiger partial charge in [0.25, 0.3) is 0 Å². The van der Waals surface area contributed by atoms with Crippen molar-refractivity contribution in [3.8, 4) is 5.75 Å². The predicted molar refractivity (Wildman–Crippen MR) is 111 cm³/mol. The molecular formula is C19H26IN3O. The summed E-state index contributed by atoms with van der Waals surface area (Å²) >= 11 is 0. The van der Waals surface area contributed by atoms with Crippen LogP contribution in [0.15, 0.2) is 41.4 Å². The Labute approximate surface area is 161 Å². The molecule has 5 heteroatoms. The maximum atomic E-state index is 9.54. The highest BCUT2D eigenvalue weighted by molar-refractivity contribution is 14.0. The Bertz CT molecular complexity index is 713. The molecule has 0 radical (unpaired) electrons. The molecule has 0 fully saturated rings. The molecule has 2 aromatic rings. The summed E-state index contributed by atoms with van der Waals surface area (Å²) in [7, 11) is 0. The molecule has 1 aliphatic heterocycles. The Hall–Kier alpha value is -1.50. The fraction of sp³-hybridized carbons (Fsp3) is 0.421. The first-order valence-corrected chi connectivity index (χ1v) is 8.48. The molecule has 0 aliphatic carbocycles. The minimum Gasteiger partial charge on any atom is -0.508 e. The lowest BCUT2D eigenvalue weighted by atomic mass is 10.1. The highest BCUT2D eigenvalue weighted by Gasteiger charge is 2.22. The van der Waals surface area contributed by atoms with Crippen LogP contribution in [0.4, 0.5) is 0 Å². The number of hydrogen-bond acceptors (Lipinski definition) is 4. The van der Waals surface area contributed by atoms with Crippen molar-refractivity contribution in [3.63, 3.8) is 0 Å². The Morgan fingerprint density at radius 1 is 1.12 bits per heavy atom. The van der Waals surface area contributed by atoms with Gasteiger partial charge in [0, 0.05) is 19.1 Å². The normalized spacial score (nSPS) is 14.0. The van der Waals surface area contributed by atoms with Crippen LogP contribution in [0.3, 0.4) is 0 Å². The largest absolute Gasteiger partial charge is 0.508 e. The first-order chi connectivity index (χ1) is 11.2. The van der Waals surface area contributed by atoms with Gasteiger partial charge in [-0.1, -0.05) is 32.0 Å². The summed E-state index contributed by atoms with van der Waals surface area (Å²) in [5, 5.41) is 15.2. The molecule has 2 N–H and O–H groups in total. The highest BCUT2D eigenvalue weighted by Crippen LogP contribution is 2.21. The van der Waals surface area contributed by atoms with Crippen LogP contribution >= 0.6 is 24.0 Å². The van der Waals surface area contributed by atoms with E-state index in [1.807, 2.05) is 6.07 Å². The van der Waals surface area contributed by atoms with Crippen LogP contribution in [0, 0.1) is 0 Å². The molecule has 3 rings (SSSR count).